The van der Waals surface area contributed by atoms with Crippen molar-refractivity contribution in [2.45, 2.75) is 9.97 Å². The number of alkyl halides is 6. The first kappa shape index (κ1) is 13.6. The van der Waals surface area contributed by atoms with Crippen LogP contribution in [0.15, 0.2) is 0 Å². The van der Waals surface area contributed by atoms with Gasteiger partial charge in [0, 0.05) is 0 Å². The molecule has 3 nitrogen and oxygen atoms in total. The normalized spacial score (nSPS) is 11.5. The van der Waals surface area contributed by atoms with Crippen LogP contribution in [0.2, 0.25) is 0 Å². The van der Waals surface area contributed by atoms with E-state index in [2.05, 4.69) is 34.8 Å². The van der Waals surface area contributed by atoms with Crippen LogP contribution in [-0.2, 0) is 0 Å². The van der Waals surface area contributed by atoms with Crippen molar-refractivity contribution in [3.63, 3.8) is 0 Å². The third-order valence-electron chi connectivity index (χ3n) is 0.321. The fourth-order valence-corrected chi connectivity index (χ4v) is 0. The van der Waals surface area contributed by atoms with Gasteiger partial charge in [0.15, 0.2) is 4.75 Å². The van der Waals surface area contributed by atoms with Crippen molar-refractivity contribution in [3.05, 3.63) is 9.71 Å². The highest BCUT2D eigenvalue weighted by atomic mass is 35.5. The zero-order chi connectivity index (χ0) is 9.71. The van der Waals surface area contributed by atoms with E-state index in [1.165, 1.54) is 0 Å². The van der Waals surface area contributed by atoms with Crippen LogP contribution in [-0.4, -0.2) is 9.97 Å². The van der Waals surface area contributed by atoms with Gasteiger partial charge in [-0.1, -0.05) is 33.4 Å². The topological polar surface area (TPSA) is 51.4 Å². The summed E-state index contributed by atoms with van der Waals surface area (Å²) in [6.45, 7) is 0. The van der Waals surface area contributed by atoms with Crippen molar-refractivity contribution in [2.75, 3.05) is 0 Å². The highest BCUT2D eigenvalue weighted by Gasteiger charge is 2.51. The Kier molecular flexibility index (Phi) is 6.00. The molecule has 0 amide bonds. The Balaban J connectivity index is 0. The van der Waals surface area contributed by atoms with E-state index >= 15 is 0 Å². The summed E-state index contributed by atoms with van der Waals surface area (Å²) in [5.41, 5.74) is 0. The maximum Gasteiger partial charge on any atom is 0.383 e. The molecule has 0 saturated heterocycles. The van der Waals surface area contributed by atoms with E-state index in [0.717, 1.165) is 0 Å². The largest absolute Gasteiger partial charge is 0.383 e. The van der Waals surface area contributed by atoms with Crippen molar-refractivity contribution < 1.29 is 18.4 Å². The molecule has 0 N–H and O–H groups in total. The second kappa shape index (κ2) is 4.84. The van der Waals surface area contributed by atoms with E-state index in [0.29, 0.717) is 0 Å². The second-order valence-electron chi connectivity index (χ2n) is 1.06. The van der Waals surface area contributed by atoms with Crippen LogP contribution in [0.3, 0.4) is 0 Å². The van der Waals surface area contributed by atoms with Crippen LogP contribution >= 0.6 is 34.8 Å². The van der Waals surface area contributed by atoms with Gasteiger partial charge in [-0.25, -0.2) is 0 Å². The molecule has 0 aliphatic carbocycles. The standard InChI is InChI=1S/C2Cl3F3.O3/c3-1(4,6)2(5,7)8;1-3-2. The van der Waals surface area contributed by atoms with Crippen LogP contribution in [0.1, 0.15) is 0 Å². The van der Waals surface area contributed by atoms with Crippen molar-refractivity contribution in [3.8, 4) is 0 Å². The Morgan fingerprint density at radius 1 is 1.18 bits per heavy atom. The van der Waals surface area contributed by atoms with Crippen LogP contribution in [0.5, 0.6) is 0 Å². The molecule has 0 rings (SSSR count). The lowest BCUT2D eigenvalue weighted by molar-refractivity contribution is -0.284. The monoisotopic (exact) mass is 234 g/mol. The lowest BCUT2D eigenvalue weighted by atomic mass is 10.8. The van der Waals surface area contributed by atoms with Gasteiger partial charge >= 0.3 is 9.97 Å². The van der Waals surface area contributed by atoms with Crippen LogP contribution in [0, 0.1) is 9.71 Å². The van der Waals surface area contributed by atoms with Crippen LogP contribution < -0.4 is 5.26 Å². The van der Waals surface area contributed by atoms with Gasteiger partial charge < -0.3 is 0 Å². The quantitative estimate of drug-likeness (QED) is 0.301. The first-order valence-electron chi connectivity index (χ1n) is 1.72. The van der Waals surface area contributed by atoms with Gasteiger partial charge in [0.2, 0.25) is 0 Å². The van der Waals surface area contributed by atoms with Gasteiger partial charge in [-0.2, -0.15) is 13.2 Å². The van der Waals surface area contributed by atoms with Gasteiger partial charge in [0.1, 0.15) is 0 Å². The zero-order valence-electron chi connectivity index (χ0n) is 4.49. The molecular formula is C2Cl3F3O3. The lowest BCUT2D eigenvalue weighted by Gasteiger charge is -2.13. The third-order valence-corrected chi connectivity index (χ3v) is 1.25. The first-order valence-corrected chi connectivity index (χ1v) is 2.85. The SMILES string of the molecule is FC(F)(Cl)C(F)(Cl)Cl.O=[O+][O-]. The fourth-order valence-electron chi connectivity index (χ4n) is 0. The van der Waals surface area contributed by atoms with Gasteiger partial charge in [-0.3, -0.25) is 0 Å². The summed E-state index contributed by atoms with van der Waals surface area (Å²) in [5, 5.41) is 3.65. The average molecular weight is 235 g/mol. The molecule has 0 aliphatic rings. The Morgan fingerprint density at radius 3 is 1.27 bits per heavy atom. The third kappa shape index (κ3) is 7.96. The summed E-state index contributed by atoms with van der Waals surface area (Å²) in [5.74, 6) is 0. The smallest absolute Gasteiger partial charge is 0.199 e. The second-order valence-corrected chi connectivity index (χ2v) is 2.77. The lowest BCUT2D eigenvalue weighted by Crippen LogP contribution is -2.27. The highest BCUT2D eigenvalue weighted by molar-refractivity contribution is 6.51. The molecule has 0 spiro atoms. The van der Waals surface area contributed by atoms with E-state index in [4.69, 9.17) is 10.2 Å². The van der Waals surface area contributed by atoms with Gasteiger partial charge in [0.25, 0.3) is 0 Å². The van der Waals surface area contributed by atoms with Crippen molar-refractivity contribution in [1.29, 1.82) is 0 Å². The molecular weight excluding hydrogens is 235 g/mol. The van der Waals surface area contributed by atoms with Gasteiger partial charge in [0.05, 0.1) is 0 Å². The summed E-state index contributed by atoms with van der Waals surface area (Å²) in [7, 11) is 0. The zero-order valence-corrected chi connectivity index (χ0v) is 6.76. The molecule has 0 aromatic carbocycles. The minimum atomic E-state index is -4.23. The number of halogens is 6. The molecule has 11 heavy (non-hydrogen) atoms. The predicted molar refractivity (Wildman–Crippen MR) is 33.1 cm³/mol. The molecule has 0 bridgehead atoms. The van der Waals surface area contributed by atoms with E-state index in [-0.39, 0.29) is 0 Å². The Labute approximate surface area is 73.5 Å². The van der Waals surface area contributed by atoms with Gasteiger partial charge in [-0.15, -0.1) is 0 Å². The predicted octanol–water partition coefficient (Wildman–Crippen LogP) is 1.80. The van der Waals surface area contributed by atoms with E-state index in [9.17, 15) is 13.2 Å². The van der Waals surface area contributed by atoms with Crippen LogP contribution in [0.25, 0.3) is 0 Å². The molecule has 0 fully saturated rings. The number of hydrogen-bond acceptors (Lipinski definition) is 2. The Hall–Kier alpha value is 0.0600. The van der Waals surface area contributed by atoms with E-state index < -0.39 is 9.97 Å². The van der Waals surface area contributed by atoms with Crippen molar-refractivity contribution >= 4 is 34.8 Å². The Morgan fingerprint density at radius 2 is 1.27 bits per heavy atom. The summed E-state index contributed by atoms with van der Waals surface area (Å²) in [6, 6.07) is 0. The van der Waals surface area contributed by atoms with Crippen molar-refractivity contribution in [1.82, 2.24) is 0 Å². The molecule has 0 aromatic rings. The molecule has 0 heterocycles. The number of hydrogen-bond donors (Lipinski definition) is 0. The van der Waals surface area contributed by atoms with E-state index in [1.54, 1.807) is 4.75 Å². The molecule has 9 heteroatoms. The minimum Gasteiger partial charge on any atom is -0.199 e. The van der Waals surface area contributed by atoms with E-state index in [1.807, 2.05) is 0 Å². The first-order chi connectivity index (χ1) is 4.66. The maximum atomic E-state index is 11.5. The summed E-state index contributed by atoms with van der Waals surface area (Å²) in [6.07, 6.45) is 0. The molecule has 0 radical (unpaired) electrons. The summed E-state index contributed by atoms with van der Waals surface area (Å²) < 4.78 is 32.3. The summed E-state index contributed by atoms with van der Waals surface area (Å²) in [4.78, 5) is 7.88. The molecule has 0 atom stereocenters. The number of rotatable bonds is 1. The maximum absolute atomic E-state index is 11.5. The summed E-state index contributed by atoms with van der Waals surface area (Å²) >= 11 is 12.5. The molecule has 0 aliphatic heterocycles. The Bertz CT molecular complexity index is 106. The average Bonchev–Trinajstić information content (AvgIpc) is 1.60. The molecule has 0 saturated carbocycles. The fraction of sp³-hybridized carbons (Fsp3) is 1.00. The highest BCUT2D eigenvalue weighted by Crippen LogP contribution is 2.42. The van der Waals surface area contributed by atoms with Crippen molar-refractivity contribution in [2.24, 2.45) is 0 Å². The van der Waals surface area contributed by atoms with Gasteiger partial charge in [-0.05, 0) is 11.6 Å². The molecule has 68 valence electrons. The molecule has 0 aromatic heterocycles. The van der Waals surface area contributed by atoms with Crippen LogP contribution in [0.4, 0.5) is 13.2 Å². The minimum absolute atomic E-state index is 1.75. The molecule has 0 unspecified atom stereocenters.